The second kappa shape index (κ2) is 11.4. The van der Waals surface area contributed by atoms with Crippen LogP contribution in [0.25, 0.3) is 22.5 Å². The molecule has 13 heteroatoms. The van der Waals surface area contributed by atoms with Crippen LogP contribution in [0.2, 0.25) is 0 Å². The molecule has 1 fully saturated rings. The fourth-order valence-electron chi connectivity index (χ4n) is 4.11. The van der Waals surface area contributed by atoms with Crippen molar-refractivity contribution in [3.05, 3.63) is 83.9 Å². The summed E-state index contributed by atoms with van der Waals surface area (Å²) in [7, 11) is -2.98. The van der Waals surface area contributed by atoms with Crippen LogP contribution in [0.1, 0.15) is 29.3 Å². The molecule has 0 radical (unpaired) electrons. The Morgan fingerprint density at radius 2 is 1.77 bits per heavy atom. The van der Waals surface area contributed by atoms with Gasteiger partial charge in [0.15, 0.2) is 5.17 Å². The van der Waals surface area contributed by atoms with Gasteiger partial charge in [0, 0.05) is 5.56 Å². The summed E-state index contributed by atoms with van der Waals surface area (Å²) < 4.78 is 35.4. The molecule has 200 valence electrons. The highest BCUT2D eigenvalue weighted by atomic mass is 32.2. The zero-order valence-corrected chi connectivity index (χ0v) is 22.7. The smallest absolute Gasteiger partial charge is 0.339 e. The molecule has 4 aromatic rings. The number of sulfonamides is 1. The summed E-state index contributed by atoms with van der Waals surface area (Å²) >= 11 is 1.33. The van der Waals surface area contributed by atoms with Gasteiger partial charge in [0.1, 0.15) is 4.90 Å². The van der Waals surface area contributed by atoms with Gasteiger partial charge in [-0.3, -0.25) is 5.01 Å². The molecule has 0 amide bonds. The minimum Gasteiger partial charge on any atom is -0.465 e. The number of hydrogen-bond donors (Lipinski definition) is 2. The standard InChI is InChI=1S/C26H25N7O4S2/c1-3-23-29-33(26(38-23)30-39(35,36)22-11-7-6-10-21(22)25(34)37-2)16-17-12-14-18(15-13-17)19-8-4-5-9-20(19)24-27-31-32-28-24/h4-15,23,29H,3,16H2,1-2H3,(H,27,28,31,32). The Bertz CT molecular complexity index is 1610. The number of nitrogens with zero attached hydrogens (tertiary/aromatic N) is 5. The average molecular weight is 564 g/mol. The molecule has 1 saturated heterocycles. The molecule has 39 heavy (non-hydrogen) atoms. The van der Waals surface area contributed by atoms with Crippen LogP contribution in [0, 0.1) is 0 Å². The molecular formula is C26H25N7O4S2. The van der Waals surface area contributed by atoms with Crippen LogP contribution >= 0.6 is 11.8 Å². The maximum absolute atomic E-state index is 13.3. The summed E-state index contributed by atoms with van der Waals surface area (Å²) in [6, 6.07) is 21.6. The lowest BCUT2D eigenvalue weighted by Crippen LogP contribution is -2.37. The minimum absolute atomic E-state index is 0.0455. The molecule has 2 N–H and O–H groups in total. The average Bonchev–Trinajstić information content (AvgIpc) is 3.63. The summed E-state index contributed by atoms with van der Waals surface area (Å²) in [4.78, 5) is 12.0. The molecular weight excluding hydrogens is 538 g/mol. The fourth-order valence-corrected chi connectivity index (χ4v) is 6.50. The zero-order chi connectivity index (χ0) is 27.4. The first-order valence-electron chi connectivity index (χ1n) is 12.0. The van der Waals surface area contributed by atoms with Gasteiger partial charge in [0.25, 0.3) is 10.0 Å². The Morgan fingerprint density at radius 3 is 2.46 bits per heavy atom. The van der Waals surface area contributed by atoms with Gasteiger partial charge in [-0.25, -0.2) is 10.2 Å². The molecule has 0 saturated carbocycles. The first kappa shape index (κ1) is 26.5. The molecule has 5 rings (SSSR count). The lowest BCUT2D eigenvalue weighted by Gasteiger charge is -2.19. The molecule has 2 heterocycles. The summed E-state index contributed by atoms with van der Waals surface area (Å²) in [6.45, 7) is 2.38. The Balaban J connectivity index is 1.41. The van der Waals surface area contributed by atoms with Gasteiger partial charge < -0.3 is 4.74 Å². The van der Waals surface area contributed by atoms with Crippen molar-refractivity contribution < 1.29 is 17.9 Å². The number of thioether (sulfide) groups is 1. The van der Waals surface area contributed by atoms with Crippen molar-refractivity contribution in [2.24, 2.45) is 4.40 Å². The molecule has 0 spiro atoms. The number of carbonyl (C=O) groups is 1. The monoisotopic (exact) mass is 563 g/mol. The number of tetrazole rings is 1. The Kier molecular flexibility index (Phi) is 7.72. The van der Waals surface area contributed by atoms with Crippen LogP contribution in [0.15, 0.2) is 82.1 Å². The van der Waals surface area contributed by atoms with E-state index in [1.165, 1.54) is 31.0 Å². The van der Waals surface area contributed by atoms with Gasteiger partial charge in [-0.1, -0.05) is 79.3 Å². The molecule has 1 aliphatic rings. The summed E-state index contributed by atoms with van der Waals surface area (Å²) in [5.41, 5.74) is 7.00. The number of hydrazine groups is 1. The van der Waals surface area contributed by atoms with Crippen molar-refractivity contribution in [2.45, 2.75) is 30.2 Å². The number of benzene rings is 3. The largest absolute Gasteiger partial charge is 0.465 e. The van der Waals surface area contributed by atoms with Crippen LogP contribution in [0.4, 0.5) is 0 Å². The van der Waals surface area contributed by atoms with E-state index in [1.54, 1.807) is 17.1 Å². The first-order chi connectivity index (χ1) is 18.9. The van der Waals surface area contributed by atoms with Crippen LogP contribution < -0.4 is 5.43 Å². The lowest BCUT2D eigenvalue weighted by atomic mass is 9.98. The van der Waals surface area contributed by atoms with Crippen molar-refractivity contribution in [3.8, 4) is 22.5 Å². The van der Waals surface area contributed by atoms with E-state index in [4.69, 9.17) is 4.74 Å². The molecule has 1 atom stereocenters. The number of aromatic nitrogens is 4. The molecule has 1 aliphatic heterocycles. The predicted molar refractivity (Wildman–Crippen MR) is 148 cm³/mol. The molecule has 1 aromatic heterocycles. The normalized spacial score (nSPS) is 16.5. The van der Waals surface area contributed by atoms with Crippen molar-refractivity contribution in [3.63, 3.8) is 0 Å². The Hall–Kier alpha value is -4.07. The zero-order valence-electron chi connectivity index (χ0n) is 21.1. The summed E-state index contributed by atoms with van der Waals surface area (Å²) in [5.74, 6) is -0.231. The third kappa shape index (κ3) is 5.70. The SMILES string of the molecule is CCC1NN(Cc2ccc(-c3ccccc3-c3nn[nH]n3)cc2)C(=NS(=O)(=O)c2ccccc2C(=O)OC)S1. The van der Waals surface area contributed by atoms with E-state index in [0.717, 1.165) is 28.7 Å². The van der Waals surface area contributed by atoms with Crippen molar-refractivity contribution in [1.29, 1.82) is 0 Å². The molecule has 3 aromatic carbocycles. The van der Waals surface area contributed by atoms with Gasteiger partial charge in [-0.2, -0.15) is 13.6 Å². The van der Waals surface area contributed by atoms with Crippen molar-refractivity contribution in [2.75, 3.05) is 7.11 Å². The van der Waals surface area contributed by atoms with Crippen LogP contribution in [0.3, 0.4) is 0 Å². The first-order valence-corrected chi connectivity index (χ1v) is 14.4. The molecule has 11 nitrogen and oxygen atoms in total. The minimum atomic E-state index is -4.19. The number of rotatable bonds is 8. The Morgan fingerprint density at radius 1 is 1.05 bits per heavy atom. The van der Waals surface area contributed by atoms with Gasteiger partial charge in [0.05, 0.1) is 24.6 Å². The summed E-state index contributed by atoms with van der Waals surface area (Å²) in [6.07, 6.45) is 0.755. The number of nitrogens with one attached hydrogen (secondary N) is 2. The molecule has 1 unspecified atom stereocenters. The summed E-state index contributed by atoms with van der Waals surface area (Å²) in [5, 5.41) is 16.3. The van der Waals surface area contributed by atoms with E-state index in [9.17, 15) is 13.2 Å². The highest BCUT2D eigenvalue weighted by Gasteiger charge is 2.31. The van der Waals surface area contributed by atoms with E-state index in [0.29, 0.717) is 17.5 Å². The lowest BCUT2D eigenvalue weighted by molar-refractivity contribution is 0.0596. The van der Waals surface area contributed by atoms with E-state index < -0.39 is 16.0 Å². The van der Waals surface area contributed by atoms with E-state index >= 15 is 0 Å². The quantitative estimate of drug-likeness (QED) is 0.303. The number of esters is 1. The third-order valence-electron chi connectivity index (χ3n) is 6.04. The number of H-pyrrole nitrogens is 1. The van der Waals surface area contributed by atoms with Crippen LogP contribution in [0.5, 0.6) is 0 Å². The highest BCUT2D eigenvalue weighted by molar-refractivity contribution is 8.15. The Labute approximate surface area is 229 Å². The fraction of sp³-hybridized carbons (Fsp3) is 0.192. The van der Waals surface area contributed by atoms with Crippen LogP contribution in [-0.2, 0) is 21.3 Å². The number of ether oxygens (including phenoxy) is 1. The predicted octanol–water partition coefficient (Wildman–Crippen LogP) is 3.85. The number of methoxy groups -OCH3 is 1. The van der Waals surface area contributed by atoms with E-state index in [2.05, 4.69) is 30.4 Å². The van der Waals surface area contributed by atoms with E-state index in [1.807, 2.05) is 55.5 Å². The second-order valence-electron chi connectivity index (χ2n) is 8.54. The van der Waals surface area contributed by atoms with Crippen LogP contribution in [-0.4, -0.2) is 57.7 Å². The van der Waals surface area contributed by atoms with Gasteiger partial charge >= 0.3 is 5.97 Å². The van der Waals surface area contributed by atoms with E-state index in [-0.39, 0.29) is 15.8 Å². The number of carbonyl (C=O) groups excluding carboxylic acids is 1. The topological polar surface area (TPSA) is 143 Å². The number of hydrogen-bond acceptors (Lipinski definition) is 9. The van der Waals surface area contributed by atoms with Gasteiger partial charge in [-0.15, -0.1) is 14.6 Å². The maximum atomic E-state index is 13.3. The second-order valence-corrected chi connectivity index (χ2v) is 11.3. The van der Waals surface area contributed by atoms with Gasteiger partial charge in [-0.05, 0) is 40.5 Å². The van der Waals surface area contributed by atoms with Crippen molar-refractivity contribution in [1.82, 2.24) is 31.1 Å². The maximum Gasteiger partial charge on any atom is 0.339 e. The third-order valence-corrected chi connectivity index (χ3v) is 8.72. The number of amidine groups is 1. The highest BCUT2D eigenvalue weighted by Crippen LogP contribution is 2.31. The molecule has 0 aliphatic carbocycles. The van der Waals surface area contributed by atoms with Crippen molar-refractivity contribution >= 4 is 32.9 Å². The molecule has 0 bridgehead atoms. The number of aromatic amines is 1. The van der Waals surface area contributed by atoms with Gasteiger partial charge in [0.2, 0.25) is 5.82 Å².